The maximum absolute atomic E-state index is 12.6. The Kier molecular flexibility index (Phi) is 5.09. The summed E-state index contributed by atoms with van der Waals surface area (Å²) < 4.78 is 0. The van der Waals surface area contributed by atoms with Crippen LogP contribution >= 0.6 is 0 Å². The molecule has 0 spiro atoms. The van der Waals surface area contributed by atoms with E-state index in [0.29, 0.717) is 5.92 Å². The molecular formula is C20H24N2O. The second kappa shape index (κ2) is 7.42. The first-order chi connectivity index (χ1) is 11.3. The second-order valence-electron chi connectivity index (χ2n) is 6.17. The van der Waals surface area contributed by atoms with Crippen molar-refractivity contribution in [2.45, 2.75) is 31.6 Å². The summed E-state index contributed by atoms with van der Waals surface area (Å²) in [5.74, 6) is 0.566. The SMILES string of the molecule is CC[C@H](C(=O)Nc1ccc(C2CCNC2)cc1)c1ccccc1. The van der Waals surface area contributed by atoms with Gasteiger partial charge in [-0.3, -0.25) is 4.79 Å². The quantitative estimate of drug-likeness (QED) is 0.879. The van der Waals surface area contributed by atoms with Crippen molar-refractivity contribution in [3.05, 3.63) is 65.7 Å². The summed E-state index contributed by atoms with van der Waals surface area (Å²) in [6, 6.07) is 18.3. The summed E-state index contributed by atoms with van der Waals surface area (Å²) in [4.78, 5) is 12.6. The number of carbonyl (C=O) groups is 1. The number of nitrogens with one attached hydrogen (secondary N) is 2. The zero-order chi connectivity index (χ0) is 16.1. The van der Waals surface area contributed by atoms with Crippen molar-refractivity contribution >= 4 is 11.6 Å². The van der Waals surface area contributed by atoms with E-state index in [1.165, 1.54) is 12.0 Å². The molecule has 1 amide bonds. The third kappa shape index (κ3) is 3.80. The molecule has 2 N–H and O–H groups in total. The van der Waals surface area contributed by atoms with Crippen LogP contribution in [0.2, 0.25) is 0 Å². The molecule has 1 aliphatic rings. The van der Waals surface area contributed by atoms with Gasteiger partial charge in [0.1, 0.15) is 0 Å². The van der Waals surface area contributed by atoms with E-state index >= 15 is 0 Å². The molecule has 1 saturated heterocycles. The van der Waals surface area contributed by atoms with Crippen LogP contribution in [0.25, 0.3) is 0 Å². The van der Waals surface area contributed by atoms with Crippen molar-refractivity contribution in [3.8, 4) is 0 Å². The van der Waals surface area contributed by atoms with Crippen LogP contribution in [-0.4, -0.2) is 19.0 Å². The molecule has 1 unspecified atom stereocenters. The van der Waals surface area contributed by atoms with Crippen LogP contribution in [0.15, 0.2) is 54.6 Å². The van der Waals surface area contributed by atoms with E-state index in [4.69, 9.17) is 0 Å². The summed E-state index contributed by atoms with van der Waals surface area (Å²) in [6.07, 6.45) is 1.99. The fourth-order valence-corrected chi connectivity index (χ4v) is 3.26. The molecule has 1 aliphatic heterocycles. The molecule has 120 valence electrons. The molecule has 0 aromatic heterocycles. The molecule has 0 aliphatic carbocycles. The molecule has 1 fully saturated rings. The Bertz CT molecular complexity index is 630. The number of carbonyl (C=O) groups excluding carboxylic acids is 1. The van der Waals surface area contributed by atoms with Gasteiger partial charge < -0.3 is 10.6 Å². The zero-order valence-corrected chi connectivity index (χ0v) is 13.6. The molecule has 0 radical (unpaired) electrons. The molecule has 2 aromatic rings. The predicted octanol–water partition coefficient (Wildman–Crippen LogP) is 3.90. The smallest absolute Gasteiger partial charge is 0.231 e. The predicted molar refractivity (Wildman–Crippen MR) is 94.8 cm³/mol. The summed E-state index contributed by atoms with van der Waals surface area (Å²) >= 11 is 0. The topological polar surface area (TPSA) is 41.1 Å². The minimum atomic E-state index is -0.102. The minimum absolute atomic E-state index is 0.0639. The van der Waals surface area contributed by atoms with Gasteiger partial charge in [-0.25, -0.2) is 0 Å². The molecule has 3 heteroatoms. The van der Waals surface area contributed by atoms with Gasteiger partial charge in [0.2, 0.25) is 5.91 Å². The van der Waals surface area contributed by atoms with Gasteiger partial charge in [-0.1, -0.05) is 49.4 Å². The Morgan fingerprint density at radius 1 is 1.17 bits per heavy atom. The third-order valence-corrected chi connectivity index (χ3v) is 4.64. The number of anilines is 1. The molecular weight excluding hydrogens is 284 g/mol. The number of amides is 1. The van der Waals surface area contributed by atoms with E-state index in [0.717, 1.165) is 30.8 Å². The van der Waals surface area contributed by atoms with E-state index in [-0.39, 0.29) is 11.8 Å². The molecule has 3 rings (SSSR count). The zero-order valence-electron chi connectivity index (χ0n) is 13.6. The van der Waals surface area contributed by atoms with Gasteiger partial charge in [-0.15, -0.1) is 0 Å². The number of hydrogen-bond donors (Lipinski definition) is 2. The lowest BCUT2D eigenvalue weighted by Crippen LogP contribution is -2.20. The lowest BCUT2D eigenvalue weighted by atomic mass is 9.95. The molecule has 3 nitrogen and oxygen atoms in total. The Hall–Kier alpha value is -2.13. The Balaban J connectivity index is 1.67. The van der Waals surface area contributed by atoms with Crippen LogP contribution in [0.3, 0.4) is 0 Å². The maximum Gasteiger partial charge on any atom is 0.231 e. The first kappa shape index (κ1) is 15.8. The summed E-state index contributed by atoms with van der Waals surface area (Å²) in [5, 5.41) is 6.44. The standard InChI is InChI=1S/C20H24N2O/c1-2-19(16-6-4-3-5-7-16)20(23)22-18-10-8-15(9-11-18)17-12-13-21-14-17/h3-11,17,19,21H,2,12-14H2,1H3,(H,22,23)/t17?,19-/m0/s1. The van der Waals surface area contributed by atoms with Crippen molar-refractivity contribution in [2.75, 3.05) is 18.4 Å². The van der Waals surface area contributed by atoms with Gasteiger partial charge in [0.25, 0.3) is 0 Å². The molecule has 2 atom stereocenters. The second-order valence-corrected chi connectivity index (χ2v) is 6.17. The van der Waals surface area contributed by atoms with Crippen LogP contribution < -0.4 is 10.6 Å². The van der Waals surface area contributed by atoms with Crippen LogP contribution in [0.4, 0.5) is 5.69 Å². The summed E-state index contributed by atoms with van der Waals surface area (Å²) in [5.41, 5.74) is 3.29. The fourth-order valence-electron chi connectivity index (χ4n) is 3.26. The van der Waals surface area contributed by atoms with Gasteiger partial charge in [0.05, 0.1) is 5.92 Å². The van der Waals surface area contributed by atoms with Crippen LogP contribution in [0.1, 0.15) is 42.7 Å². The van der Waals surface area contributed by atoms with Crippen molar-refractivity contribution < 1.29 is 4.79 Å². The largest absolute Gasteiger partial charge is 0.326 e. The monoisotopic (exact) mass is 308 g/mol. The van der Waals surface area contributed by atoms with Gasteiger partial charge in [0, 0.05) is 12.2 Å². The van der Waals surface area contributed by atoms with Crippen molar-refractivity contribution in [3.63, 3.8) is 0 Å². The molecule has 2 aromatic carbocycles. The lowest BCUT2D eigenvalue weighted by molar-refractivity contribution is -0.117. The highest BCUT2D eigenvalue weighted by molar-refractivity contribution is 5.95. The Morgan fingerprint density at radius 3 is 2.52 bits per heavy atom. The summed E-state index contributed by atoms with van der Waals surface area (Å²) in [6.45, 7) is 4.20. The first-order valence-electron chi connectivity index (χ1n) is 8.44. The lowest BCUT2D eigenvalue weighted by Gasteiger charge is -2.16. The normalized spacial score (nSPS) is 18.6. The van der Waals surface area contributed by atoms with Gasteiger partial charge in [-0.2, -0.15) is 0 Å². The minimum Gasteiger partial charge on any atom is -0.326 e. The van der Waals surface area contributed by atoms with E-state index in [9.17, 15) is 4.79 Å². The highest BCUT2D eigenvalue weighted by Gasteiger charge is 2.19. The van der Waals surface area contributed by atoms with Crippen molar-refractivity contribution in [1.29, 1.82) is 0 Å². The van der Waals surface area contributed by atoms with Crippen LogP contribution in [-0.2, 0) is 4.79 Å². The van der Waals surface area contributed by atoms with E-state index in [1.807, 2.05) is 49.4 Å². The highest BCUT2D eigenvalue weighted by atomic mass is 16.1. The van der Waals surface area contributed by atoms with E-state index in [2.05, 4.69) is 22.8 Å². The van der Waals surface area contributed by atoms with E-state index < -0.39 is 0 Å². The number of rotatable bonds is 5. The molecule has 1 heterocycles. The Labute approximate surface area is 138 Å². The Morgan fingerprint density at radius 2 is 1.91 bits per heavy atom. The van der Waals surface area contributed by atoms with Gasteiger partial charge in [-0.05, 0) is 48.6 Å². The highest BCUT2D eigenvalue weighted by Crippen LogP contribution is 2.25. The maximum atomic E-state index is 12.6. The average molecular weight is 308 g/mol. The van der Waals surface area contributed by atoms with Crippen molar-refractivity contribution in [1.82, 2.24) is 5.32 Å². The summed E-state index contributed by atoms with van der Waals surface area (Å²) in [7, 11) is 0. The van der Waals surface area contributed by atoms with Gasteiger partial charge >= 0.3 is 0 Å². The van der Waals surface area contributed by atoms with Gasteiger partial charge in [0.15, 0.2) is 0 Å². The number of hydrogen-bond acceptors (Lipinski definition) is 2. The van der Waals surface area contributed by atoms with Crippen LogP contribution in [0.5, 0.6) is 0 Å². The molecule has 23 heavy (non-hydrogen) atoms. The third-order valence-electron chi connectivity index (χ3n) is 4.64. The average Bonchev–Trinajstić information content (AvgIpc) is 3.12. The fraction of sp³-hybridized carbons (Fsp3) is 0.350. The number of benzene rings is 2. The van der Waals surface area contributed by atoms with Crippen molar-refractivity contribution in [2.24, 2.45) is 0 Å². The molecule has 0 bridgehead atoms. The van der Waals surface area contributed by atoms with Crippen LogP contribution in [0, 0.1) is 0 Å². The first-order valence-corrected chi connectivity index (χ1v) is 8.44. The molecule has 0 saturated carbocycles. The van der Waals surface area contributed by atoms with E-state index in [1.54, 1.807) is 0 Å².